The van der Waals surface area contributed by atoms with Crippen LogP contribution in [0, 0.1) is 0 Å². The fraction of sp³-hybridized carbons (Fsp3) is 0. The van der Waals surface area contributed by atoms with Gasteiger partial charge in [-0.15, -0.1) is 0 Å². The first kappa shape index (κ1) is 25.9. The molecule has 43 heavy (non-hydrogen) atoms. The third-order valence-electron chi connectivity index (χ3n) is 8.27. The molecule has 4 nitrogen and oxygen atoms in total. The summed E-state index contributed by atoms with van der Waals surface area (Å²) in [5, 5.41) is 4.21. The minimum atomic E-state index is -3.40. The second-order valence-electron chi connectivity index (χ2n) is 10.7. The van der Waals surface area contributed by atoms with E-state index in [1.807, 2.05) is 158 Å². The summed E-state index contributed by atoms with van der Waals surface area (Å²) in [6.07, 6.45) is 0. The molecule has 1 aliphatic rings. The Morgan fingerprint density at radius 2 is 1.09 bits per heavy atom. The molecule has 0 fully saturated rings. The van der Waals surface area contributed by atoms with Crippen LogP contribution < -0.4 is 31.8 Å². The maximum Gasteiger partial charge on any atom is 0.175 e. The van der Waals surface area contributed by atoms with Crippen molar-refractivity contribution in [1.29, 1.82) is 0 Å². The van der Waals surface area contributed by atoms with Crippen LogP contribution in [0.25, 0.3) is 28.1 Å². The minimum Gasteiger partial charge on any atom is -0.309 e. The summed E-state index contributed by atoms with van der Waals surface area (Å²) < 4.78 is 33.5. The Morgan fingerprint density at radius 1 is 0.558 bits per heavy atom. The van der Waals surface area contributed by atoms with Crippen molar-refractivity contribution in [3.05, 3.63) is 158 Å². The SMILES string of the molecule is O=P(c1ccccc1)(c1ccccc1)c1cc2c3c(c1)nc(-c1ccccc1)n3-c1ccccc1P2(=O)c1ccccc1. The fourth-order valence-corrected chi connectivity index (χ4v) is 12.1. The molecule has 1 atom stereocenters. The number of hydrogen-bond acceptors (Lipinski definition) is 3. The van der Waals surface area contributed by atoms with Crippen LogP contribution in [0.2, 0.25) is 0 Å². The van der Waals surface area contributed by atoms with Gasteiger partial charge in [0.15, 0.2) is 14.3 Å². The Kier molecular flexibility index (Phi) is 5.98. The van der Waals surface area contributed by atoms with Gasteiger partial charge in [-0.3, -0.25) is 4.57 Å². The Labute approximate surface area is 250 Å². The number of aromatic nitrogens is 2. The molecule has 1 aliphatic heterocycles. The molecular weight excluding hydrogens is 566 g/mol. The van der Waals surface area contributed by atoms with Crippen molar-refractivity contribution in [2.24, 2.45) is 0 Å². The van der Waals surface area contributed by atoms with E-state index in [9.17, 15) is 0 Å². The number of fused-ring (bicyclic) bond motifs is 2. The second-order valence-corrected chi connectivity index (χ2v) is 16.1. The van der Waals surface area contributed by atoms with E-state index < -0.39 is 14.3 Å². The number of para-hydroxylation sites is 1. The van der Waals surface area contributed by atoms with Gasteiger partial charge in [0.25, 0.3) is 0 Å². The Balaban J connectivity index is 1.55. The molecular formula is C37H26N2O2P2. The highest BCUT2D eigenvalue weighted by Gasteiger charge is 2.42. The lowest BCUT2D eigenvalue weighted by Crippen LogP contribution is -2.35. The van der Waals surface area contributed by atoms with E-state index in [2.05, 4.69) is 4.57 Å². The quantitative estimate of drug-likeness (QED) is 0.221. The second kappa shape index (κ2) is 9.92. The summed E-state index contributed by atoms with van der Waals surface area (Å²) in [5.74, 6) is 0.759. The molecule has 1 unspecified atom stereocenters. The van der Waals surface area contributed by atoms with Crippen LogP contribution >= 0.6 is 14.3 Å². The van der Waals surface area contributed by atoms with Crippen molar-refractivity contribution >= 4 is 57.1 Å². The number of imidazole rings is 1. The van der Waals surface area contributed by atoms with Crippen LogP contribution in [0.3, 0.4) is 0 Å². The van der Waals surface area contributed by atoms with Crippen LogP contribution in [0.4, 0.5) is 0 Å². The zero-order chi connectivity index (χ0) is 29.0. The fourth-order valence-electron chi connectivity index (χ4n) is 6.30. The highest BCUT2D eigenvalue weighted by molar-refractivity contribution is 7.87. The molecule has 0 radical (unpaired) electrons. The lowest BCUT2D eigenvalue weighted by molar-refractivity contribution is 0.592. The van der Waals surface area contributed by atoms with Gasteiger partial charge in [-0.1, -0.05) is 133 Å². The Morgan fingerprint density at radius 3 is 1.72 bits per heavy atom. The van der Waals surface area contributed by atoms with Crippen molar-refractivity contribution < 1.29 is 9.13 Å². The zero-order valence-electron chi connectivity index (χ0n) is 23.1. The van der Waals surface area contributed by atoms with Crippen molar-refractivity contribution in [3.63, 3.8) is 0 Å². The lowest BCUT2D eigenvalue weighted by Gasteiger charge is -2.30. The topological polar surface area (TPSA) is 52.0 Å². The molecule has 6 aromatic carbocycles. The van der Waals surface area contributed by atoms with Crippen LogP contribution in [-0.2, 0) is 9.13 Å². The summed E-state index contributed by atoms with van der Waals surface area (Å²) >= 11 is 0. The maximum atomic E-state index is 15.8. The molecule has 1 aromatic heterocycles. The van der Waals surface area contributed by atoms with E-state index in [4.69, 9.17) is 4.98 Å². The molecule has 206 valence electrons. The molecule has 6 heteroatoms. The molecule has 0 saturated carbocycles. The average Bonchev–Trinajstić information content (AvgIpc) is 3.48. The molecule has 0 saturated heterocycles. The lowest BCUT2D eigenvalue weighted by atomic mass is 10.2. The molecule has 0 spiro atoms. The third-order valence-corrected chi connectivity index (χ3v) is 14.4. The van der Waals surface area contributed by atoms with Gasteiger partial charge in [0.1, 0.15) is 5.82 Å². The van der Waals surface area contributed by atoms with Gasteiger partial charge in [-0.05, 0) is 24.3 Å². The van der Waals surface area contributed by atoms with Gasteiger partial charge in [-0.2, -0.15) is 0 Å². The van der Waals surface area contributed by atoms with E-state index in [0.29, 0.717) is 16.1 Å². The van der Waals surface area contributed by atoms with Gasteiger partial charge < -0.3 is 9.13 Å². The van der Waals surface area contributed by atoms with Crippen LogP contribution in [-0.4, -0.2) is 9.55 Å². The first-order chi connectivity index (χ1) is 21.1. The summed E-state index contributed by atoms with van der Waals surface area (Å²) in [4.78, 5) is 5.19. The predicted octanol–water partition coefficient (Wildman–Crippen LogP) is 6.28. The molecule has 2 heterocycles. The number of benzene rings is 6. The monoisotopic (exact) mass is 592 g/mol. The Bertz CT molecular complexity index is 2190. The van der Waals surface area contributed by atoms with E-state index in [0.717, 1.165) is 43.8 Å². The number of nitrogens with zero attached hydrogens (tertiary/aromatic N) is 2. The summed E-state index contributed by atoms with van der Waals surface area (Å²) in [5.41, 5.74) is 3.27. The normalized spacial score (nSPS) is 15.7. The summed E-state index contributed by atoms with van der Waals surface area (Å²) in [6.45, 7) is 0. The molecule has 0 amide bonds. The van der Waals surface area contributed by atoms with Crippen LogP contribution in [0.5, 0.6) is 0 Å². The maximum absolute atomic E-state index is 15.8. The molecule has 0 aliphatic carbocycles. The van der Waals surface area contributed by atoms with Crippen molar-refractivity contribution in [2.75, 3.05) is 0 Å². The standard InChI is InChI=1S/C37H26N2O2P2/c40-42(28-17-7-2-8-18-28,29-19-9-3-10-20-29)31-25-32-36-35(26-31)43(41,30-21-11-4-12-22-30)34-24-14-13-23-33(34)39(36)37(38-32)27-15-5-1-6-16-27/h1-26H. The van der Waals surface area contributed by atoms with E-state index >= 15 is 9.13 Å². The number of hydrogen-bond donors (Lipinski definition) is 0. The molecule has 0 N–H and O–H groups in total. The van der Waals surface area contributed by atoms with Gasteiger partial charge in [0.2, 0.25) is 0 Å². The first-order valence-corrected chi connectivity index (χ1v) is 17.6. The number of rotatable bonds is 5. The molecule has 7 aromatic rings. The van der Waals surface area contributed by atoms with E-state index in [1.165, 1.54) is 0 Å². The van der Waals surface area contributed by atoms with Gasteiger partial charge >= 0.3 is 0 Å². The van der Waals surface area contributed by atoms with Gasteiger partial charge in [0.05, 0.1) is 16.7 Å². The largest absolute Gasteiger partial charge is 0.309 e. The Hall–Kier alpha value is -4.75. The van der Waals surface area contributed by atoms with Crippen molar-refractivity contribution in [3.8, 4) is 17.1 Å². The average molecular weight is 593 g/mol. The van der Waals surface area contributed by atoms with Crippen molar-refractivity contribution in [2.45, 2.75) is 0 Å². The highest BCUT2D eigenvalue weighted by Crippen LogP contribution is 2.51. The highest BCUT2D eigenvalue weighted by atomic mass is 31.2. The van der Waals surface area contributed by atoms with Crippen LogP contribution in [0.1, 0.15) is 0 Å². The predicted molar refractivity (Wildman–Crippen MR) is 179 cm³/mol. The minimum absolute atomic E-state index is 0.618. The molecule has 8 rings (SSSR count). The first-order valence-electron chi connectivity index (χ1n) is 14.2. The molecule has 0 bridgehead atoms. The third kappa shape index (κ3) is 3.81. The van der Waals surface area contributed by atoms with E-state index in [-0.39, 0.29) is 0 Å². The summed E-state index contributed by atoms with van der Waals surface area (Å²) in [7, 11) is -6.78. The van der Waals surface area contributed by atoms with Crippen molar-refractivity contribution in [1.82, 2.24) is 9.55 Å². The summed E-state index contributed by atoms with van der Waals surface area (Å²) in [6, 6.07) is 50.8. The van der Waals surface area contributed by atoms with Gasteiger partial charge in [-0.25, -0.2) is 4.98 Å². The zero-order valence-corrected chi connectivity index (χ0v) is 24.9. The van der Waals surface area contributed by atoms with Gasteiger partial charge in [0, 0.05) is 37.4 Å². The van der Waals surface area contributed by atoms with Crippen LogP contribution in [0.15, 0.2) is 158 Å². The van der Waals surface area contributed by atoms with E-state index in [1.54, 1.807) is 0 Å². The smallest absolute Gasteiger partial charge is 0.175 e.